The van der Waals surface area contributed by atoms with E-state index in [2.05, 4.69) is 10.1 Å². The fourth-order valence-electron chi connectivity index (χ4n) is 2.85. The van der Waals surface area contributed by atoms with E-state index in [1.54, 1.807) is 35.1 Å². The zero-order chi connectivity index (χ0) is 17.6. The molecule has 6 heteroatoms. The van der Waals surface area contributed by atoms with Gasteiger partial charge in [0, 0.05) is 19.2 Å². The largest absolute Gasteiger partial charge is 0.396 e. The maximum absolute atomic E-state index is 13.0. The summed E-state index contributed by atoms with van der Waals surface area (Å²) >= 11 is 0. The minimum absolute atomic E-state index is 0.0101. The predicted octanol–water partition coefficient (Wildman–Crippen LogP) is 2.46. The van der Waals surface area contributed by atoms with Crippen molar-refractivity contribution in [2.75, 3.05) is 13.7 Å². The molecule has 1 atom stereocenters. The Morgan fingerprint density at radius 1 is 1.20 bits per heavy atom. The minimum Gasteiger partial charge on any atom is -0.396 e. The number of aliphatic hydroxyl groups excluding tert-OH is 1. The summed E-state index contributed by atoms with van der Waals surface area (Å²) in [6.07, 6.45) is 3.52. The molecule has 1 aromatic heterocycles. The van der Waals surface area contributed by atoms with Gasteiger partial charge in [0.2, 0.25) is 0 Å². The van der Waals surface area contributed by atoms with Gasteiger partial charge in [-0.1, -0.05) is 36.4 Å². The average molecular weight is 336 g/mol. The molecule has 0 aliphatic rings. The quantitative estimate of drug-likeness (QED) is 0.751. The molecule has 25 heavy (non-hydrogen) atoms. The van der Waals surface area contributed by atoms with Crippen LogP contribution in [0.3, 0.4) is 0 Å². The van der Waals surface area contributed by atoms with Crippen LogP contribution in [0.2, 0.25) is 0 Å². The molecule has 1 heterocycles. The molecule has 0 saturated carbocycles. The van der Waals surface area contributed by atoms with Gasteiger partial charge in [-0.2, -0.15) is 5.10 Å². The summed E-state index contributed by atoms with van der Waals surface area (Å²) in [5, 5.41) is 13.5. The van der Waals surface area contributed by atoms with Crippen LogP contribution in [0.4, 0.5) is 0 Å². The molecule has 6 nitrogen and oxygen atoms in total. The maximum Gasteiger partial charge on any atom is 0.254 e. The van der Waals surface area contributed by atoms with Crippen molar-refractivity contribution in [1.29, 1.82) is 0 Å². The maximum atomic E-state index is 13.0. The third-order valence-corrected chi connectivity index (χ3v) is 4.15. The van der Waals surface area contributed by atoms with Crippen molar-refractivity contribution in [3.63, 3.8) is 0 Å². The lowest BCUT2D eigenvalue weighted by Gasteiger charge is -2.28. The minimum atomic E-state index is -0.186. The molecule has 128 valence electrons. The van der Waals surface area contributed by atoms with Crippen LogP contribution >= 0.6 is 0 Å². The van der Waals surface area contributed by atoms with Crippen LogP contribution in [0.25, 0.3) is 5.69 Å². The Morgan fingerprint density at radius 2 is 2.00 bits per heavy atom. The van der Waals surface area contributed by atoms with Crippen LogP contribution in [0.1, 0.15) is 28.4 Å². The van der Waals surface area contributed by atoms with Crippen LogP contribution in [0.15, 0.2) is 67.3 Å². The number of amides is 1. The molecule has 0 radical (unpaired) electrons. The topological polar surface area (TPSA) is 71.2 Å². The lowest BCUT2D eigenvalue weighted by Crippen LogP contribution is -2.32. The first-order valence-electron chi connectivity index (χ1n) is 8.08. The van der Waals surface area contributed by atoms with Gasteiger partial charge in [0.15, 0.2) is 0 Å². The number of aliphatic hydroxyl groups is 1. The third-order valence-electron chi connectivity index (χ3n) is 4.15. The molecule has 1 N–H and O–H groups in total. The number of carbonyl (C=O) groups is 1. The Labute approximate surface area is 146 Å². The van der Waals surface area contributed by atoms with Crippen molar-refractivity contribution < 1.29 is 9.90 Å². The van der Waals surface area contributed by atoms with Crippen LogP contribution < -0.4 is 0 Å². The summed E-state index contributed by atoms with van der Waals surface area (Å²) < 4.78 is 1.61. The van der Waals surface area contributed by atoms with Gasteiger partial charge in [-0.15, -0.1) is 0 Å². The number of hydrogen-bond acceptors (Lipinski definition) is 4. The molecule has 1 amide bonds. The molecule has 1 unspecified atom stereocenters. The molecule has 0 aliphatic heterocycles. The number of aromatic nitrogens is 3. The number of rotatable bonds is 6. The van der Waals surface area contributed by atoms with Gasteiger partial charge < -0.3 is 10.0 Å². The smallest absolute Gasteiger partial charge is 0.254 e. The number of hydrogen-bond donors (Lipinski definition) is 1. The van der Waals surface area contributed by atoms with Crippen LogP contribution in [-0.2, 0) is 0 Å². The van der Waals surface area contributed by atoms with Crippen molar-refractivity contribution in [2.45, 2.75) is 12.5 Å². The molecular weight excluding hydrogens is 316 g/mol. The van der Waals surface area contributed by atoms with Gasteiger partial charge in [-0.05, 0) is 30.2 Å². The van der Waals surface area contributed by atoms with Gasteiger partial charge in [0.1, 0.15) is 12.7 Å². The van der Waals surface area contributed by atoms with Gasteiger partial charge in [0.25, 0.3) is 5.91 Å². The van der Waals surface area contributed by atoms with E-state index < -0.39 is 0 Å². The lowest BCUT2D eigenvalue weighted by atomic mass is 10.0. The normalized spacial score (nSPS) is 11.9. The SMILES string of the molecule is CN(C(=O)c1cccc(-n2cncn2)c1)C(CCO)c1ccccc1. The number of carbonyl (C=O) groups excluding carboxylic acids is 1. The van der Waals surface area contributed by atoms with Crippen molar-refractivity contribution in [3.8, 4) is 5.69 Å². The highest BCUT2D eigenvalue weighted by molar-refractivity contribution is 5.94. The molecule has 3 aromatic rings. The van der Waals surface area contributed by atoms with E-state index in [4.69, 9.17) is 0 Å². The van der Waals surface area contributed by atoms with Crippen molar-refractivity contribution in [2.24, 2.45) is 0 Å². The summed E-state index contributed by atoms with van der Waals surface area (Å²) in [5.74, 6) is -0.107. The Bertz CT molecular complexity index is 818. The highest BCUT2D eigenvalue weighted by atomic mass is 16.3. The van der Waals surface area contributed by atoms with Crippen molar-refractivity contribution in [1.82, 2.24) is 19.7 Å². The van der Waals surface area contributed by atoms with E-state index in [-0.39, 0.29) is 18.6 Å². The van der Waals surface area contributed by atoms with Crippen molar-refractivity contribution in [3.05, 3.63) is 78.4 Å². The first-order valence-corrected chi connectivity index (χ1v) is 8.08. The molecule has 0 spiro atoms. The van der Waals surface area contributed by atoms with E-state index in [0.717, 1.165) is 11.3 Å². The predicted molar refractivity (Wildman–Crippen MR) is 94.3 cm³/mol. The zero-order valence-electron chi connectivity index (χ0n) is 14.0. The van der Waals surface area contributed by atoms with Gasteiger partial charge in [-0.25, -0.2) is 9.67 Å². The average Bonchev–Trinajstić information content (AvgIpc) is 3.20. The van der Waals surface area contributed by atoms with E-state index in [1.807, 2.05) is 42.5 Å². The zero-order valence-corrected chi connectivity index (χ0v) is 14.0. The molecule has 0 bridgehead atoms. The second kappa shape index (κ2) is 7.72. The molecule has 3 rings (SSSR count). The highest BCUT2D eigenvalue weighted by Gasteiger charge is 2.22. The summed E-state index contributed by atoms with van der Waals surface area (Å²) in [4.78, 5) is 18.6. The standard InChI is InChI=1S/C19H20N4O2/c1-22(18(10-11-24)15-6-3-2-4-7-15)19(25)16-8-5-9-17(12-16)23-14-20-13-21-23/h2-9,12-14,18,24H,10-11H2,1H3. The Morgan fingerprint density at radius 3 is 2.68 bits per heavy atom. The van der Waals surface area contributed by atoms with E-state index in [9.17, 15) is 9.90 Å². The molecule has 0 saturated heterocycles. The van der Waals surface area contributed by atoms with Crippen molar-refractivity contribution >= 4 is 5.91 Å². The fourth-order valence-corrected chi connectivity index (χ4v) is 2.85. The number of nitrogens with zero attached hydrogens (tertiary/aromatic N) is 4. The third kappa shape index (κ3) is 3.75. The molecule has 0 aliphatic carbocycles. The molecule has 0 fully saturated rings. The first kappa shape index (κ1) is 16.9. The summed E-state index contributed by atoms with van der Waals surface area (Å²) in [7, 11) is 1.76. The Balaban J connectivity index is 1.87. The van der Waals surface area contributed by atoms with Crippen LogP contribution in [0.5, 0.6) is 0 Å². The van der Waals surface area contributed by atoms with E-state index in [0.29, 0.717) is 12.0 Å². The van der Waals surface area contributed by atoms with Crippen LogP contribution in [0, 0.1) is 0 Å². The van der Waals surface area contributed by atoms with E-state index >= 15 is 0 Å². The molecular formula is C19H20N4O2. The first-order chi connectivity index (χ1) is 12.2. The van der Waals surface area contributed by atoms with E-state index in [1.165, 1.54) is 6.33 Å². The number of benzene rings is 2. The Kier molecular flexibility index (Phi) is 5.20. The highest BCUT2D eigenvalue weighted by Crippen LogP contribution is 2.24. The monoisotopic (exact) mass is 336 g/mol. The Hall–Kier alpha value is -2.99. The summed E-state index contributed by atoms with van der Waals surface area (Å²) in [6, 6.07) is 16.8. The lowest BCUT2D eigenvalue weighted by molar-refractivity contribution is 0.0705. The summed E-state index contributed by atoms with van der Waals surface area (Å²) in [6.45, 7) is 0.0101. The van der Waals surface area contributed by atoms with Gasteiger partial charge in [0.05, 0.1) is 11.7 Å². The van der Waals surface area contributed by atoms with Crippen LogP contribution in [-0.4, -0.2) is 44.3 Å². The molecule has 2 aromatic carbocycles. The van der Waals surface area contributed by atoms with Gasteiger partial charge >= 0.3 is 0 Å². The summed E-state index contributed by atoms with van der Waals surface area (Å²) in [5.41, 5.74) is 2.34. The second-order valence-electron chi connectivity index (χ2n) is 5.75. The fraction of sp³-hybridized carbons (Fsp3) is 0.211. The van der Waals surface area contributed by atoms with Gasteiger partial charge in [-0.3, -0.25) is 4.79 Å². The second-order valence-corrected chi connectivity index (χ2v) is 5.75.